The van der Waals surface area contributed by atoms with Crippen molar-refractivity contribution >= 4 is 11.8 Å². The molecule has 0 spiro atoms. The monoisotopic (exact) mass is 476 g/mol. The van der Waals surface area contributed by atoms with E-state index in [0.717, 1.165) is 54.7 Å². The molecule has 0 saturated carbocycles. The number of benzene rings is 2. The molecule has 0 N–H and O–H groups in total. The van der Waals surface area contributed by atoms with Crippen molar-refractivity contribution < 1.29 is 19.1 Å². The van der Waals surface area contributed by atoms with Gasteiger partial charge in [-0.25, -0.2) is 0 Å². The summed E-state index contributed by atoms with van der Waals surface area (Å²) in [6, 6.07) is 11.7. The SMILES string of the molecule is CCOc1cc2c(cc1OCC)[C@@H]1[C@@H](C(=O)N3CCCC[C@@H]3CC)c3ccccc3C(=O)N1CC2. The van der Waals surface area contributed by atoms with Gasteiger partial charge in [-0.15, -0.1) is 0 Å². The fourth-order valence-electron chi connectivity index (χ4n) is 6.23. The number of carbonyl (C=O) groups excluding carboxylic acids is 2. The van der Waals surface area contributed by atoms with Crippen molar-refractivity contribution in [3.63, 3.8) is 0 Å². The highest BCUT2D eigenvalue weighted by atomic mass is 16.5. The highest BCUT2D eigenvalue weighted by Gasteiger charge is 2.48. The third-order valence-electron chi connectivity index (χ3n) is 7.83. The lowest BCUT2D eigenvalue weighted by Gasteiger charge is -2.47. The van der Waals surface area contributed by atoms with E-state index in [0.29, 0.717) is 31.1 Å². The molecule has 3 atom stereocenters. The molecule has 186 valence electrons. The van der Waals surface area contributed by atoms with Crippen LogP contribution in [-0.4, -0.2) is 54.0 Å². The molecule has 6 nitrogen and oxygen atoms in total. The second-order valence-electron chi connectivity index (χ2n) is 9.71. The van der Waals surface area contributed by atoms with Crippen molar-refractivity contribution in [2.24, 2.45) is 0 Å². The Morgan fingerprint density at radius 3 is 2.46 bits per heavy atom. The number of hydrogen-bond acceptors (Lipinski definition) is 4. The van der Waals surface area contributed by atoms with E-state index in [2.05, 4.69) is 17.9 Å². The summed E-state index contributed by atoms with van der Waals surface area (Å²) in [6.07, 6.45) is 4.93. The molecule has 0 bridgehead atoms. The van der Waals surface area contributed by atoms with Gasteiger partial charge in [0.1, 0.15) is 0 Å². The normalized spacial score (nSPS) is 23.3. The molecule has 35 heavy (non-hydrogen) atoms. The maximum absolute atomic E-state index is 14.4. The zero-order valence-electron chi connectivity index (χ0n) is 21.1. The summed E-state index contributed by atoms with van der Waals surface area (Å²) in [5.74, 6) is 1.14. The maximum atomic E-state index is 14.4. The second kappa shape index (κ2) is 9.92. The zero-order valence-corrected chi connectivity index (χ0v) is 21.1. The number of amides is 2. The number of likely N-dealkylation sites (tertiary alicyclic amines) is 1. The quantitative estimate of drug-likeness (QED) is 0.581. The van der Waals surface area contributed by atoms with Crippen LogP contribution in [0.15, 0.2) is 36.4 Å². The van der Waals surface area contributed by atoms with Crippen LogP contribution >= 0.6 is 0 Å². The fraction of sp³-hybridized carbons (Fsp3) is 0.517. The van der Waals surface area contributed by atoms with Crippen molar-refractivity contribution in [3.05, 3.63) is 58.7 Å². The van der Waals surface area contributed by atoms with Gasteiger partial charge >= 0.3 is 0 Å². The van der Waals surface area contributed by atoms with Gasteiger partial charge in [-0.1, -0.05) is 25.1 Å². The lowest BCUT2D eigenvalue weighted by atomic mass is 9.75. The predicted octanol–water partition coefficient (Wildman–Crippen LogP) is 5.11. The molecule has 1 saturated heterocycles. The Morgan fingerprint density at radius 2 is 1.71 bits per heavy atom. The van der Waals surface area contributed by atoms with Crippen LogP contribution in [0.3, 0.4) is 0 Å². The molecule has 0 radical (unpaired) electrons. The Bertz CT molecular complexity index is 1110. The summed E-state index contributed by atoms with van der Waals surface area (Å²) < 4.78 is 11.8. The van der Waals surface area contributed by atoms with E-state index in [1.165, 1.54) is 6.42 Å². The molecule has 2 amide bonds. The lowest BCUT2D eigenvalue weighted by Crippen LogP contribution is -2.53. The van der Waals surface area contributed by atoms with Gasteiger partial charge in [0.05, 0.1) is 25.2 Å². The molecule has 1 fully saturated rings. The van der Waals surface area contributed by atoms with E-state index in [4.69, 9.17) is 9.47 Å². The Balaban J connectivity index is 1.66. The van der Waals surface area contributed by atoms with Crippen LogP contribution in [0.4, 0.5) is 0 Å². The van der Waals surface area contributed by atoms with Crippen molar-refractivity contribution in [1.29, 1.82) is 0 Å². The molecular weight excluding hydrogens is 440 g/mol. The van der Waals surface area contributed by atoms with E-state index in [1.54, 1.807) is 0 Å². The van der Waals surface area contributed by atoms with Crippen LogP contribution in [0.2, 0.25) is 0 Å². The van der Waals surface area contributed by atoms with Crippen LogP contribution in [0.5, 0.6) is 11.5 Å². The molecule has 3 aliphatic heterocycles. The predicted molar refractivity (Wildman–Crippen MR) is 135 cm³/mol. The van der Waals surface area contributed by atoms with Gasteiger partial charge < -0.3 is 19.3 Å². The summed E-state index contributed by atoms with van der Waals surface area (Å²) in [5, 5.41) is 0. The summed E-state index contributed by atoms with van der Waals surface area (Å²) in [4.78, 5) is 32.0. The molecule has 5 rings (SSSR count). The number of hydrogen-bond donors (Lipinski definition) is 0. The molecular formula is C29H36N2O4. The summed E-state index contributed by atoms with van der Waals surface area (Å²) in [7, 11) is 0. The Kier molecular flexibility index (Phi) is 6.72. The van der Waals surface area contributed by atoms with Gasteiger partial charge in [0, 0.05) is 24.7 Å². The van der Waals surface area contributed by atoms with Crippen LogP contribution in [0.1, 0.15) is 85.5 Å². The highest BCUT2D eigenvalue weighted by Crippen LogP contribution is 2.49. The van der Waals surface area contributed by atoms with Crippen molar-refractivity contribution in [2.75, 3.05) is 26.3 Å². The van der Waals surface area contributed by atoms with E-state index < -0.39 is 5.92 Å². The Morgan fingerprint density at radius 1 is 0.971 bits per heavy atom. The molecule has 3 aliphatic rings. The first-order valence-corrected chi connectivity index (χ1v) is 13.2. The first-order chi connectivity index (χ1) is 17.1. The molecule has 2 aromatic rings. The van der Waals surface area contributed by atoms with E-state index >= 15 is 0 Å². The van der Waals surface area contributed by atoms with Crippen molar-refractivity contribution in [1.82, 2.24) is 9.80 Å². The Labute approximate surface area is 208 Å². The lowest BCUT2D eigenvalue weighted by molar-refractivity contribution is -0.138. The van der Waals surface area contributed by atoms with Crippen molar-refractivity contribution in [3.8, 4) is 11.5 Å². The van der Waals surface area contributed by atoms with Crippen LogP contribution < -0.4 is 9.47 Å². The number of rotatable bonds is 6. The molecule has 2 aromatic carbocycles. The largest absolute Gasteiger partial charge is 0.490 e. The van der Waals surface area contributed by atoms with Gasteiger partial charge in [0.2, 0.25) is 5.91 Å². The summed E-state index contributed by atoms with van der Waals surface area (Å²) in [5.41, 5.74) is 3.65. The van der Waals surface area contributed by atoms with Crippen LogP contribution in [0, 0.1) is 0 Å². The molecule has 0 aromatic heterocycles. The van der Waals surface area contributed by atoms with Crippen LogP contribution in [0.25, 0.3) is 0 Å². The minimum Gasteiger partial charge on any atom is -0.490 e. The van der Waals surface area contributed by atoms with Gasteiger partial charge in [0.15, 0.2) is 11.5 Å². The number of fused-ring (bicyclic) bond motifs is 4. The maximum Gasteiger partial charge on any atom is 0.254 e. The summed E-state index contributed by atoms with van der Waals surface area (Å²) >= 11 is 0. The molecule has 3 heterocycles. The smallest absolute Gasteiger partial charge is 0.254 e. The number of piperidine rings is 1. The van der Waals surface area contributed by atoms with Crippen molar-refractivity contribution in [2.45, 2.75) is 70.9 Å². The topological polar surface area (TPSA) is 59.1 Å². The number of ether oxygens (including phenoxy) is 2. The zero-order chi connectivity index (χ0) is 24.5. The van der Waals surface area contributed by atoms with Gasteiger partial charge in [-0.05, 0) is 80.8 Å². The van der Waals surface area contributed by atoms with Gasteiger partial charge in [-0.3, -0.25) is 9.59 Å². The number of carbonyl (C=O) groups is 2. The van der Waals surface area contributed by atoms with Gasteiger partial charge in [-0.2, -0.15) is 0 Å². The van der Waals surface area contributed by atoms with Gasteiger partial charge in [0.25, 0.3) is 5.91 Å². The average molecular weight is 477 g/mol. The highest BCUT2D eigenvalue weighted by molar-refractivity contribution is 6.01. The Hall–Kier alpha value is -3.02. The first kappa shape index (κ1) is 23.7. The minimum atomic E-state index is -0.428. The molecule has 0 aliphatic carbocycles. The standard InChI is InChI=1S/C29H36N2O4/c1-4-20-11-9-10-15-30(20)29(33)26-21-12-7-8-13-22(21)28(32)31-16-14-19-17-24(34-5-2)25(35-6-3)18-23(19)27(26)31/h7-8,12-13,17-18,20,26-27H,4-6,9-11,14-16H2,1-3H3/t20-,26-,27+/m0/s1. The minimum absolute atomic E-state index is 0.0119. The third kappa shape index (κ3) is 4.07. The number of nitrogens with zero attached hydrogens (tertiary/aromatic N) is 2. The van der Waals surface area contributed by atoms with E-state index in [9.17, 15) is 9.59 Å². The summed E-state index contributed by atoms with van der Waals surface area (Å²) in [6.45, 7) is 8.53. The molecule has 0 unspecified atom stereocenters. The molecule has 6 heteroatoms. The second-order valence-corrected chi connectivity index (χ2v) is 9.71. The fourth-order valence-corrected chi connectivity index (χ4v) is 6.23. The third-order valence-corrected chi connectivity index (χ3v) is 7.83. The van der Waals surface area contributed by atoms with E-state index in [1.807, 2.05) is 49.1 Å². The first-order valence-electron chi connectivity index (χ1n) is 13.2. The van der Waals surface area contributed by atoms with E-state index in [-0.39, 0.29) is 23.9 Å². The van der Waals surface area contributed by atoms with Crippen LogP contribution in [-0.2, 0) is 11.2 Å². The average Bonchev–Trinajstić information content (AvgIpc) is 2.89.